The Morgan fingerprint density at radius 2 is 2.21 bits per heavy atom. The van der Waals surface area contributed by atoms with Crippen LogP contribution in [0, 0.1) is 0 Å². The molecule has 0 saturated carbocycles. The maximum absolute atomic E-state index is 6.06. The Kier molecular flexibility index (Phi) is 4.38. The van der Waals surface area contributed by atoms with Crippen LogP contribution in [-0.4, -0.2) is 19.7 Å². The fraction of sp³-hybridized carbons (Fsp3) is 0.0625. The molecule has 0 amide bonds. The predicted octanol–water partition coefficient (Wildman–Crippen LogP) is 4.93. The van der Waals surface area contributed by atoms with Crippen molar-refractivity contribution in [2.75, 3.05) is 0 Å². The molecule has 0 bridgehead atoms. The zero-order chi connectivity index (χ0) is 16.4. The zero-order valence-corrected chi connectivity index (χ0v) is 14.7. The van der Waals surface area contributed by atoms with Crippen LogP contribution in [0.3, 0.4) is 0 Å². The molecule has 3 aromatic heterocycles. The smallest absolute Gasteiger partial charge is 0.236 e. The van der Waals surface area contributed by atoms with Crippen molar-refractivity contribution in [3.63, 3.8) is 0 Å². The summed E-state index contributed by atoms with van der Waals surface area (Å²) in [5, 5.41) is 11.6. The summed E-state index contributed by atoms with van der Waals surface area (Å²) < 4.78 is 7.43. The lowest BCUT2D eigenvalue weighted by molar-refractivity contribution is 0.575. The minimum atomic E-state index is 0.647. The van der Waals surface area contributed by atoms with E-state index in [1.807, 2.05) is 46.3 Å². The maximum Gasteiger partial charge on any atom is 0.236 e. The van der Waals surface area contributed by atoms with E-state index in [4.69, 9.17) is 16.0 Å². The second-order valence-electron chi connectivity index (χ2n) is 4.87. The van der Waals surface area contributed by atoms with Crippen LogP contribution in [0.15, 0.2) is 63.9 Å². The summed E-state index contributed by atoms with van der Waals surface area (Å²) in [6.45, 7) is 0. The van der Waals surface area contributed by atoms with E-state index in [0.29, 0.717) is 16.7 Å². The molecule has 0 aliphatic rings. The highest BCUT2D eigenvalue weighted by Crippen LogP contribution is 2.27. The van der Waals surface area contributed by atoms with E-state index in [2.05, 4.69) is 15.2 Å². The highest BCUT2D eigenvalue weighted by atomic mass is 35.5. The molecule has 4 aromatic rings. The molecule has 1 aromatic carbocycles. The third-order valence-corrected chi connectivity index (χ3v) is 5.31. The fourth-order valence-corrected chi connectivity index (χ4v) is 3.80. The number of thiophene rings is 1. The quantitative estimate of drug-likeness (QED) is 0.463. The van der Waals surface area contributed by atoms with Crippen LogP contribution in [0.25, 0.3) is 16.5 Å². The van der Waals surface area contributed by atoms with Crippen molar-refractivity contribution in [1.29, 1.82) is 0 Å². The number of hydrogen-bond acceptors (Lipinski definition) is 6. The summed E-state index contributed by atoms with van der Waals surface area (Å²) in [6.07, 6.45) is 3.36. The van der Waals surface area contributed by atoms with Gasteiger partial charge < -0.3 is 4.42 Å². The average molecular weight is 375 g/mol. The van der Waals surface area contributed by atoms with Gasteiger partial charge in [0.2, 0.25) is 5.89 Å². The van der Waals surface area contributed by atoms with Gasteiger partial charge in [-0.2, -0.15) is 0 Å². The van der Waals surface area contributed by atoms with Gasteiger partial charge in [-0.15, -0.1) is 21.5 Å². The Morgan fingerprint density at radius 1 is 1.25 bits per heavy atom. The SMILES string of the molecule is Clc1cccc(-n2cnnc2SCc2coc(-c3cccs3)n2)c1. The van der Waals surface area contributed by atoms with Crippen molar-refractivity contribution < 1.29 is 4.42 Å². The van der Waals surface area contributed by atoms with E-state index < -0.39 is 0 Å². The van der Waals surface area contributed by atoms with Gasteiger partial charge in [0.15, 0.2) is 5.16 Å². The minimum absolute atomic E-state index is 0.647. The predicted molar refractivity (Wildman–Crippen MR) is 95.7 cm³/mol. The molecule has 0 spiro atoms. The molecule has 120 valence electrons. The van der Waals surface area contributed by atoms with Gasteiger partial charge in [0, 0.05) is 10.8 Å². The van der Waals surface area contributed by atoms with Gasteiger partial charge in [0.1, 0.15) is 12.6 Å². The lowest BCUT2D eigenvalue weighted by Crippen LogP contribution is -1.95. The normalized spacial score (nSPS) is 11.0. The second kappa shape index (κ2) is 6.80. The highest BCUT2D eigenvalue weighted by molar-refractivity contribution is 7.98. The van der Waals surface area contributed by atoms with Crippen molar-refractivity contribution in [3.8, 4) is 16.5 Å². The summed E-state index contributed by atoms with van der Waals surface area (Å²) in [4.78, 5) is 5.53. The Hall–Kier alpha value is -2.09. The van der Waals surface area contributed by atoms with Crippen LogP contribution in [0.4, 0.5) is 0 Å². The Morgan fingerprint density at radius 3 is 3.04 bits per heavy atom. The third-order valence-electron chi connectivity index (χ3n) is 3.24. The Balaban J connectivity index is 1.50. The van der Waals surface area contributed by atoms with Crippen LogP contribution in [0.5, 0.6) is 0 Å². The van der Waals surface area contributed by atoms with E-state index >= 15 is 0 Å². The van der Waals surface area contributed by atoms with Crippen LogP contribution in [0.2, 0.25) is 5.02 Å². The standard InChI is InChI=1S/C16H11ClN4OS2/c17-11-3-1-4-13(7-11)21-10-18-20-16(21)24-9-12-8-22-15(19-12)14-5-2-6-23-14/h1-8,10H,9H2. The van der Waals surface area contributed by atoms with Gasteiger partial charge in [-0.3, -0.25) is 4.57 Å². The third kappa shape index (κ3) is 3.24. The van der Waals surface area contributed by atoms with Crippen LogP contribution < -0.4 is 0 Å². The van der Waals surface area contributed by atoms with Crippen LogP contribution in [0.1, 0.15) is 5.69 Å². The molecule has 0 aliphatic carbocycles. The second-order valence-corrected chi connectivity index (χ2v) is 7.20. The monoisotopic (exact) mass is 374 g/mol. The summed E-state index contributed by atoms with van der Waals surface area (Å²) in [7, 11) is 0. The lowest BCUT2D eigenvalue weighted by Gasteiger charge is -2.05. The van der Waals surface area contributed by atoms with E-state index in [0.717, 1.165) is 21.4 Å². The molecular formula is C16H11ClN4OS2. The van der Waals surface area contributed by atoms with Crippen molar-refractivity contribution in [1.82, 2.24) is 19.7 Å². The van der Waals surface area contributed by atoms with Gasteiger partial charge in [0.25, 0.3) is 0 Å². The molecule has 0 aliphatic heterocycles. The first-order chi connectivity index (χ1) is 11.8. The average Bonchev–Trinajstić information content (AvgIpc) is 3.33. The molecule has 5 nitrogen and oxygen atoms in total. The molecule has 0 atom stereocenters. The summed E-state index contributed by atoms with van der Waals surface area (Å²) >= 11 is 9.21. The van der Waals surface area contributed by atoms with Crippen molar-refractivity contribution in [2.45, 2.75) is 10.9 Å². The lowest BCUT2D eigenvalue weighted by atomic mass is 10.3. The maximum atomic E-state index is 6.06. The first-order valence-electron chi connectivity index (χ1n) is 7.06. The van der Waals surface area contributed by atoms with Gasteiger partial charge in [-0.1, -0.05) is 35.5 Å². The first-order valence-corrected chi connectivity index (χ1v) is 9.31. The van der Waals surface area contributed by atoms with Crippen molar-refractivity contribution in [3.05, 3.63) is 65.1 Å². The molecule has 4 rings (SSSR count). The van der Waals surface area contributed by atoms with Gasteiger partial charge in [-0.25, -0.2) is 4.98 Å². The molecule has 0 saturated heterocycles. The molecule has 0 fully saturated rings. The first kappa shape index (κ1) is 15.4. The number of benzene rings is 1. The largest absolute Gasteiger partial charge is 0.444 e. The van der Waals surface area contributed by atoms with Crippen LogP contribution >= 0.6 is 34.7 Å². The number of thioether (sulfide) groups is 1. The number of aromatic nitrogens is 4. The van der Waals surface area contributed by atoms with Crippen LogP contribution in [-0.2, 0) is 5.75 Å². The molecule has 0 unspecified atom stereocenters. The Bertz CT molecular complexity index is 949. The molecular weight excluding hydrogens is 364 g/mol. The highest BCUT2D eigenvalue weighted by Gasteiger charge is 2.11. The number of halogens is 1. The zero-order valence-electron chi connectivity index (χ0n) is 12.3. The van der Waals surface area contributed by atoms with E-state index in [1.165, 1.54) is 0 Å². The molecule has 0 radical (unpaired) electrons. The summed E-state index contributed by atoms with van der Waals surface area (Å²) in [5.74, 6) is 1.30. The Labute approximate surface area is 151 Å². The van der Waals surface area contributed by atoms with Gasteiger partial charge in [-0.05, 0) is 29.6 Å². The summed E-state index contributed by atoms with van der Waals surface area (Å²) in [5.41, 5.74) is 1.79. The molecule has 3 heterocycles. The number of hydrogen-bond donors (Lipinski definition) is 0. The number of rotatable bonds is 5. The topological polar surface area (TPSA) is 56.7 Å². The van der Waals surface area contributed by atoms with Gasteiger partial charge >= 0.3 is 0 Å². The minimum Gasteiger partial charge on any atom is -0.444 e. The van der Waals surface area contributed by atoms with E-state index in [1.54, 1.807) is 35.7 Å². The van der Waals surface area contributed by atoms with Crippen molar-refractivity contribution in [2.24, 2.45) is 0 Å². The molecule has 8 heteroatoms. The molecule has 24 heavy (non-hydrogen) atoms. The fourth-order valence-electron chi connectivity index (χ4n) is 2.15. The number of nitrogens with zero attached hydrogens (tertiary/aromatic N) is 4. The van der Waals surface area contributed by atoms with E-state index in [9.17, 15) is 0 Å². The molecule has 0 N–H and O–H groups in total. The number of oxazole rings is 1. The van der Waals surface area contributed by atoms with E-state index in [-0.39, 0.29) is 0 Å². The summed E-state index contributed by atoms with van der Waals surface area (Å²) in [6, 6.07) is 11.5. The van der Waals surface area contributed by atoms with Gasteiger partial charge in [0.05, 0.1) is 16.3 Å². The van der Waals surface area contributed by atoms with Crippen molar-refractivity contribution >= 4 is 34.7 Å².